The van der Waals surface area contributed by atoms with Gasteiger partial charge in [-0.15, -0.1) is 0 Å². The van der Waals surface area contributed by atoms with E-state index in [9.17, 15) is 9.90 Å². The minimum absolute atomic E-state index is 0.160. The molecule has 0 radical (unpaired) electrons. The summed E-state index contributed by atoms with van der Waals surface area (Å²) in [6, 6.07) is 10.7. The van der Waals surface area contributed by atoms with E-state index in [1.54, 1.807) is 54.3 Å². The van der Waals surface area contributed by atoms with Crippen LogP contribution in [0.2, 0.25) is 5.02 Å². The first-order valence-corrected chi connectivity index (χ1v) is 6.95. The molecule has 0 saturated heterocycles. The summed E-state index contributed by atoms with van der Waals surface area (Å²) in [5.41, 5.74) is 2.46. The van der Waals surface area contributed by atoms with Crippen molar-refractivity contribution in [3.05, 3.63) is 65.1 Å². The molecule has 1 aromatic carbocycles. The Morgan fingerprint density at radius 3 is 2.73 bits per heavy atom. The second kappa shape index (κ2) is 5.61. The molecule has 0 amide bonds. The maximum absolute atomic E-state index is 11.6. The van der Waals surface area contributed by atoms with Crippen molar-refractivity contribution in [1.82, 2.24) is 14.8 Å². The van der Waals surface area contributed by atoms with Crippen LogP contribution in [0.3, 0.4) is 0 Å². The third-order valence-corrected chi connectivity index (χ3v) is 3.50. The molecule has 0 spiro atoms. The summed E-state index contributed by atoms with van der Waals surface area (Å²) in [7, 11) is 0. The lowest BCUT2D eigenvalue weighted by Gasteiger charge is -2.08. The number of hydrogen-bond acceptors (Lipinski definition) is 3. The van der Waals surface area contributed by atoms with E-state index in [0.717, 1.165) is 0 Å². The lowest BCUT2D eigenvalue weighted by atomic mass is 10.1. The maximum atomic E-state index is 11.6. The SMILES string of the molecule is Cc1nn(-c2cccc(Cl)c2)c(-c2cccnc2)c1C(=O)O. The van der Waals surface area contributed by atoms with Crippen LogP contribution in [-0.4, -0.2) is 25.8 Å². The Hall–Kier alpha value is -2.66. The molecule has 0 aliphatic rings. The zero-order valence-electron chi connectivity index (χ0n) is 11.7. The number of pyridine rings is 1. The number of halogens is 1. The molecule has 0 aliphatic heterocycles. The molecule has 3 rings (SSSR count). The summed E-state index contributed by atoms with van der Waals surface area (Å²) >= 11 is 6.03. The average Bonchev–Trinajstić information content (AvgIpc) is 2.86. The maximum Gasteiger partial charge on any atom is 0.339 e. The third kappa shape index (κ3) is 2.46. The van der Waals surface area contributed by atoms with Gasteiger partial charge in [0.1, 0.15) is 5.56 Å². The van der Waals surface area contributed by atoms with E-state index < -0.39 is 5.97 Å². The summed E-state index contributed by atoms with van der Waals surface area (Å²) < 4.78 is 1.58. The van der Waals surface area contributed by atoms with Crippen LogP contribution in [0.15, 0.2) is 48.8 Å². The number of aryl methyl sites for hydroxylation is 1. The Bertz CT molecular complexity index is 844. The number of rotatable bonds is 3. The molecule has 2 heterocycles. The van der Waals surface area contributed by atoms with E-state index in [1.165, 1.54) is 0 Å². The number of aromatic carboxylic acids is 1. The lowest BCUT2D eigenvalue weighted by molar-refractivity contribution is 0.0697. The van der Waals surface area contributed by atoms with E-state index >= 15 is 0 Å². The van der Waals surface area contributed by atoms with Crippen LogP contribution in [0, 0.1) is 6.92 Å². The molecule has 6 heteroatoms. The van der Waals surface area contributed by atoms with Crippen molar-refractivity contribution in [2.45, 2.75) is 6.92 Å². The number of benzene rings is 1. The molecule has 5 nitrogen and oxygen atoms in total. The van der Waals surface area contributed by atoms with Gasteiger partial charge in [-0.2, -0.15) is 5.10 Å². The molecule has 0 saturated carbocycles. The Labute approximate surface area is 131 Å². The molecule has 1 N–H and O–H groups in total. The van der Waals surface area contributed by atoms with Gasteiger partial charge >= 0.3 is 5.97 Å². The second-order valence-corrected chi connectivity index (χ2v) is 5.18. The van der Waals surface area contributed by atoms with Crippen LogP contribution in [0.1, 0.15) is 16.1 Å². The van der Waals surface area contributed by atoms with Gasteiger partial charge in [-0.1, -0.05) is 17.7 Å². The quantitative estimate of drug-likeness (QED) is 0.802. The highest BCUT2D eigenvalue weighted by Crippen LogP contribution is 2.29. The summed E-state index contributed by atoms with van der Waals surface area (Å²) in [6.45, 7) is 1.67. The second-order valence-electron chi connectivity index (χ2n) is 4.75. The number of carboxylic acid groups (broad SMARTS) is 1. The number of carbonyl (C=O) groups is 1. The molecule has 0 unspecified atom stereocenters. The van der Waals surface area contributed by atoms with Crippen molar-refractivity contribution >= 4 is 17.6 Å². The predicted molar refractivity (Wildman–Crippen MR) is 83.5 cm³/mol. The van der Waals surface area contributed by atoms with Gasteiger partial charge in [0.15, 0.2) is 0 Å². The molecule has 0 aliphatic carbocycles. The minimum atomic E-state index is -1.02. The Balaban J connectivity index is 2.32. The van der Waals surface area contributed by atoms with Gasteiger partial charge in [-0.3, -0.25) is 4.98 Å². The van der Waals surface area contributed by atoms with Gasteiger partial charge < -0.3 is 5.11 Å². The molecular weight excluding hydrogens is 302 g/mol. The lowest BCUT2D eigenvalue weighted by Crippen LogP contribution is -2.03. The van der Waals surface area contributed by atoms with Crippen molar-refractivity contribution in [1.29, 1.82) is 0 Å². The van der Waals surface area contributed by atoms with Crippen LogP contribution in [0.5, 0.6) is 0 Å². The van der Waals surface area contributed by atoms with Crippen LogP contribution >= 0.6 is 11.6 Å². The van der Waals surface area contributed by atoms with Crippen LogP contribution in [0.4, 0.5) is 0 Å². The van der Waals surface area contributed by atoms with Crippen molar-refractivity contribution in [3.8, 4) is 16.9 Å². The van der Waals surface area contributed by atoms with Crippen molar-refractivity contribution in [3.63, 3.8) is 0 Å². The smallest absolute Gasteiger partial charge is 0.339 e. The number of hydrogen-bond donors (Lipinski definition) is 1. The van der Waals surface area contributed by atoms with Crippen molar-refractivity contribution < 1.29 is 9.90 Å². The van der Waals surface area contributed by atoms with E-state index in [1.807, 2.05) is 6.07 Å². The standard InChI is InChI=1S/C16H12ClN3O2/c1-10-14(16(21)22)15(11-4-3-7-18-9-11)20(19-10)13-6-2-5-12(17)8-13/h2-9H,1H3,(H,21,22). The van der Waals surface area contributed by atoms with Crippen LogP contribution in [0.25, 0.3) is 16.9 Å². The highest BCUT2D eigenvalue weighted by Gasteiger charge is 2.23. The van der Waals surface area contributed by atoms with Gasteiger partial charge in [-0.05, 0) is 37.3 Å². The van der Waals surface area contributed by atoms with Gasteiger partial charge in [-0.25, -0.2) is 9.48 Å². The molecule has 2 aromatic heterocycles. The monoisotopic (exact) mass is 313 g/mol. The molecule has 0 fully saturated rings. The van der Waals surface area contributed by atoms with Crippen LogP contribution < -0.4 is 0 Å². The topological polar surface area (TPSA) is 68.0 Å². The molecular formula is C16H12ClN3O2. The van der Waals surface area contributed by atoms with E-state index in [0.29, 0.717) is 27.7 Å². The predicted octanol–water partition coefficient (Wildman–Crippen LogP) is 3.59. The fourth-order valence-electron chi connectivity index (χ4n) is 2.35. The van der Waals surface area contributed by atoms with Gasteiger partial charge in [0.2, 0.25) is 0 Å². The first-order chi connectivity index (χ1) is 10.6. The largest absolute Gasteiger partial charge is 0.478 e. The zero-order valence-corrected chi connectivity index (χ0v) is 12.4. The number of nitrogens with zero attached hydrogens (tertiary/aromatic N) is 3. The number of carboxylic acids is 1. The summed E-state index contributed by atoms with van der Waals surface area (Å²) in [5.74, 6) is -1.02. The first kappa shape index (κ1) is 14.3. The average molecular weight is 314 g/mol. The van der Waals surface area contributed by atoms with E-state index in [2.05, 4.69) is 10.1 Å². The molecule has 3 aromatic rings. The molecule has 0 bridgehead atoms. The summed E-state index contributed by atoms with van der Waals surface area (Å²) in [5, 5.41) is 14.4. The zero-order chi connectivity index (χ0) is 15.7. The number of aromatic nitrogens is 3. The van der Waals surface area contributed by atoms with Gasteiger partial charge in [0.25, 0.3) is 0 Å². The Kier molecular flexibility index (Phi) is 3.65. The summed E-state index contributed by atoms with van der Waals surface area (Å²) in [4.78, 5) is 15.7. The fourth-order valence-corrected chi connectivity index (χ4v) is 2.53. The Morgan fingerprint density at radius 1 is 1.27 bits per heavy atom. The van der Waals surface area contributed by atoms with Gasteiger partial charge in [0.05, 0.1) is 17.1 Å². The molecule has 0 atom stereocenters. The molecule has 22 heavy (non-hydrogen) atoms. The highest BCUT2D eigenvalue weighted by molar-refractivity contribution is 6.30. The van der Waals surface area contributed by atoms with E-state index in [4.69, 9.17) is 11.6 Å². The Morgan fingerprint density at radius 2 is 2.09 bits per heavy atom. The normalized spacial score (nSPS) is 10.6. The van der Waals surface area contributed by atoms with Crippen LogP contribution in [-0.2, 0) is 0 Å². The van der Waals surface area contributed by atoms with Crippen molar-refractivity contribution in [2.24, 2.45) is 0 Å². The first-order valence-electron chi connectivity index (χ1n) is 6.57. The van der Waals surface area contributed by atoms with Gasteiger partial charge in [0, 0.05) is 23.0 Å². The fraction of sp³-hybridized carbons (Fsp3) is 0.0625. The van der Waals surface area contributed by atoms with E-state index in [-0.39, 0.29) is 5.56 Å². The van der Waals surface area contributed by atoms with Crippen molar-refractivity contribution in [2.75, 3.05) is 0 Å². The highest BCUT2D eigenvalue weighted by atomic mass is 35.5. The minimum Gasteiger partial charge on any atom is -0.478 e. The summed E-state index contributed by atoms with van der Waals surface area (Å²) in [6.07, 6.45) is 3.25. The molecule has 110 valence electrons. The third-order valence-electron chi connectivity index (χ3n) is 3.26.